The number of carbonyl (C=O) groups is 1. The van der Waals surface area contributed by atoms with Crippen molar-refractivity contribution in [3.05, 3.63) is 82.4 Å². The number of rotatable bonds is 10. The summed E-state index contributed by atoms with van der Waals surface area (Å²) in [7, 11) is -2.11. The molecule has 0 radical (unpaired) electrons. The van der Waals surface area contributed by atoms with Crippen molar-refractivity contribution in [2.45, 2.75) is 51.5 Å². The lowest BCUT2D eigenvalue weighted by atomic mass is 9.86. The molecule has 1 unspecified atom stereocenters. The zero-order chi connectivity index (χ0) is 28.5. The van der Waals surface area contributed by atoms with E-state index in [9.17, 15) is 23.4 Å². The van der Waals surface area contributed by atoms with Gasteiger partial charge in [0, 0.05) is 26.1 Å². The summed E-state index contributed by atoms with van der Waals surface area (Å²) in [4.78, 5) is 12.2. The summed E-state index contributed by atoms with van der Waals surface area (Å²) in [5, 5.41) is 28.4. The van der Waals surface area contributed by atoms with Crippen LogP contribution < -0.4 is 0 Å². The smallest absolute Gasteiger partial charge is 0.304 e. The van der Waals surface area contributed by atoms with Gasteiger partial charge in [0.25, 0.3) is 0 Å². The fourth-order valence-electron chi connectivity index (χ4n) is 4.91. The lowest BCUT2D eigenvalue weighted by Crippen LogP contribution is -2.34. The first kappa shape index (κ1) is 28.3. The standard InChI is InChI=1S/C29H34N4O5S/c1-18(2)16-33(39(37,38)27-9-7-6-8-20(27)4)17-23-12-21(11-10-19(23)3)24(15-28(35)36)22-13-25-29(26(34)14-22)32(5)31-30-25/h6-14,18,24,34H,15-17H2,1-5H3,(H,35,36). The molecule has 1 heterocycles. The Kier molecular flexibility index (Phi) is 8.08. The minimum Gasteiger partial charge on any atom is -0.506 e. The molecule has 9 nitrogen and oxygen atoms in total. The number of aromatic nitrogens is 3. The van der Waals surface area contributed by atoms with Crippen LogP contribution in [0.4, 0.5) is 0 Å². The van der Waals surface area contributed by atoms with E-state index < -0.39 is 21.9 Å². The lowest BCUT2D eigenvalue weighted by Gasteiger charge is -2.26. The fourth-order valence-corrected chi connectivity index (χ4v) is 6.71. The van der Waals surface area contributed by atoms with Crippen molar-refractivity contribution in [2.75, 3.05) is 6.54 Å². The second-order valence-electron chi connectivity index (χ2n) is 10.4. The maximum atomic E-state index is 13.8. The molecule has 0 saturated heterocycles. The number of aromatic hydroxyl groups is 1. The van der Waals surface area contributed by atoms with Gasteiger partial charge in [-0.3, -0.25) is 4.79 Å². The molecule has 0 aliphatic carbocycles. The highest BCUT2D eigenvalue weighted by atomic mass is 32.2. The van der Waals surface area contributed by atoms with E-state index in [1.165, 1.54) is 8.99 Å². The Morgan fingerprint density at radius 3 is 2.41 bits per heavy atom. The Labute approximate surface area is 228 Å². The number of fused-ring (bicyclic) bond motifs is 1. The Morgan fingerprint density at radius 1 is 1.03 bits per heavy atom. The van der Waals surface area contributed by atoms with Crippen LogP contribution >= 0.6 is 0 Å². The number of hydrogen-bond acceptors (Lipinski definition) is 6. The van der Waals surface area contributed by atoms with E-state index >= 15 is 0 Å². The molecule has 0 aliphatic rings. The molecule has 3 aromatic carbocycles. The highest BCUT2D eigenvalue weighted by Gasteiger charge is 2.28. The number of benzene rings is 3. The zero-order valence-corrected chi connectivity index (χ0v) is 23.6. The Balaban J connectivity index is 1.78. The fraction of sp³-hybridized carbons (Fsp3) is 0.345. The average molecular weight is 551 g/mol. The van der Waals surface area contributed by atoms with E-state index in [0.29, 0.717) is 34.3 Å². The third-order valence-electron chi connectivity index (χ3n) is 6.89. The molecule has 0 spiro atoms. The Bertz CT molecular complexity index is 1630. The molecule has 206 valence electrons. The summed E-state index contributed by atoms with van der Waals surface area (Å²) in [6, 6.07) is 15.8. The van der Waals surface area contributed by atoms with Crippen LogP contribution in [-0.2, 0) is 28.4 Å². The zero-order valence-electron chi connectivity index (χ0n) is 22.8. The number of hydrogen-bond donors (Lipinski definition) is 2. The van der Waals surface area contributed by atoms with Gasteiger partial charge in [0.15, 0.2) is 0 Å². The number of phenolic OH excluding ortho intramolecular Hbond substituents is 1. The first-order valence-electron chi connectivity index (χ1n) is 12.8. The maximum Gasteiger partial charge on any atom is 0.304 e. The van der Waals surface area contributed by atoms with Crippen LogP contribution in [-0.4, -0.2) is 50.4 Å². The number of aliphatic carboxylic acids is 1. The van der Waals surface area contributed by atoms with Crippen LogP contribution in [0.2, 0.25) is 0 Å². The van der Waals surface area contributed by atoms with Crippen LogP contribution in [0.1, 0.15) is 54.0 Å². The minimum atomic E-state index is -3.79. The number of carboxylic acid groups (broad SMARTS) is 1. The van der Waals surface area contributed by atoms with Crippen molar-refractivity contribution in [1.29, 1.82) is 0 Å². The van der Waals surface area contributed by atoms with E-state index in [4.69, 9.17) is 0 Å². The van der Waals surface area contributed by atoms with Gasteiger partial charge in [0.2, 0.25) is 10.0 Å². The largest absolute Gasteiger partial charge is 0.506 e. The van der Waals surface area contributed by atoms with Crippen LogP contribution in [0.3, 0.4) is 0 Å². The topological polar surface area (TPSA) is 126 Å². The molecule has 0 aliphatic heterocycles. The summed E-state index contributed by atoms with van der Waals surface area (Å²) < 4.78 is 30.5. The number of nitrogens with zero attached hydrogens (tertiary/aromatic N) is 4. The van der Waals surface area contributed by atoms with Crippen molar-refractivity contribution < 1.29 is 23.4 Å². The molecule has 10 heteroatoms. The lowest BCUT2D eigenvalue weighted by molar-refractivity contribution is -0.137. The quantitative estimate of drug-likeness (QED) is 0.292. The molecular weight excluding hydrogens is 516 g/mol. The van der Waals surface area contributed by atoms with E-state index in [1.807, 2.05) is 45.0 Å². The molecule has 4 rings (SSSR count). The van der Waals surface area contributed by atoms with Crippen molar-refractivity contribution in [1.82, 2.24) is 19.3 Å². The van der Waals surface area contributed by atoms with Crippen LogP contribution in [0, 0.1) is 19.8 Å². The van der Waals surface area contributed by atoms with Gasteiger partial charge < -0.3 is 10.2 Å². The Morgan fingerprint density at radius 2 is 1.74 bits per heavy atom. The van der Waals surface area contributed by atoms with Crippen molar-refractivity contribution in [3.8, 4) is 5.75 Å². The van der Waals surface area contributed by atoms with E-state index in [2.05, 4.69) is 10.3 Å². The first-order chi connectivity index (χ1) is 18.4. The van der Waals surface area contributed by atoms with Gasteiger partial charge >= 0.3 is 5.97 Å². The molecule has 0 saturated carbocycles. The van der Waals surface area contributed by atoms with Crippen LogP contribution in [0.25, 0.3) is 11.0 Å². The third kappa shape index (κ3) is 5.97. The summed E-state index contributed by atoms with van der Waals surface area (Å²) in [6.45, 7) is 8.12. The molecule has 1 atom stereocenters. The van der Waals surface area contributed by atoms with Crippen molar-refractivity contribution in [3.63, 3.8) is 0 Å². The van der Waals surface area contributed by atoms with Gasteiger partial charge in [-0.25, -0.2) is 13.1 Å². The number of aryl methyl sites for hydroxylation is 3. The highest BCUT2D eigenvalue weighted by Crippen LogP contribution is 2.35. The van der Waals surface area contributed by atoms with E-state index in [1.54, 1.807) is 44.3 Å². The van der Waals surface area contributed by atoms with Gasteiger partial charge in [0.05, 0.1) is 11.3 Å². The average Bonchev–Trinajstić information content (AvgIpc) is 3.24. The molecule has 39 heavy (non-hydrogen) atoms. The summed E-state index contributed by atoms with van der Waals surface area (Å²) in [5.41, 5.74) is 4.57. The molecule has 0 bridgehead atoms. The van der Waals surface area contributed by atoms with Gasteiger partial charge in [0.1, 0.15) is 16.8 Å². The van der Waals surface area contributed by atoms with E-state index in [0.717, 1.165) is 11.1 Å². The van der Waals surface area contributed by atoms with Gasteiger partial charge in [-0.1, -0.05) is 55.5 Å². The summed E-state index contributed by atoms with van der Waals surface area (Å²) in [5.74, 6) is -1.53. The molecule has 2 N–H and O–H groups in total. The second-order valence-corrected chi connectivity index (χ2v) is 12.3. The van der Waals surface area contributed by atoms with Gasteiger partial charge in [-0.05, 0) is 65.8 Å². The van der Waals surface area contributed by atoms with Crippen molar-refractivity contribution in [2.24, 2.45) is 13.0 Å². The summed E-state index contributed by atoms with van der Waals surface area (Å²) >= 11 is 0. The van der Waals surface area contributed by atoms with Crippen molar-refractivity contribution >= 4 is 27.0 Å². The molecule has 0 fully saturated rings. The normalized spacial score (nSPS) is 12.9. The van der Waals surface area contributed by atoms with Crippen LogP contribution in [0.5, 0.6) is 5.75 Å². The number of sulfonamides is 1. The highest BCUT2D eigenvalue weighted by molar-refractivity contribution is 7.89. The molecule has 1 aromatic heterocycles. The van der Waals surface area contributed by atoms with Crippen LogP contribution in [0.15, 0.2) is 59.5 Å². The van der Waals surface area contributed by atoms with E-state index in [-0.39, 0.29) is 29.5 Å². The molecular formula is C29H34N4O5S. The number of phenols is 1. The van der Waals surface area contributed by atoms with Gasteiger partial charge in [-0.15, -0.1) is 5.10 Å². The monoisotopic (exact) mass is 550 g/mol. The number of carboxylic acids is 1. The summed E-state index contributed by atoms with van der Waals surface area (Å²) in [6.07, 6.45) is -0.217. The predicted octanol–water partition coefficient (Wildman–Crippen LogP) is 4.74. The maximum absolute atomic E-state index is 13.8. The Hall–Kier alpha value is -3.76. The predicted molar refractivity (Wildman–Crippen MR) is 149 cm³/mol. The minimum absolute atomic E-state index is 0.0369. The third-order valence-corrected chi connectivity index (χ3v) is 8.86. The molecule has 4 aromatic rings. The van der Waals surface area contributed by atoms with Gasteiger partial charge in [-0.2, -0.15) is 4.31 Å². The second kappa shape index (κ2) is 11.2. The molecule has 0 amide bonds. The SMILES string of the molecule is Cc1ccc(C(CC(=O)O)c2cc(O)c3c(c2)nnn3C)cc1CN(CC(C)C)S(=O)(=O)c1ccccc1C. The first-order valence-corrected chi connectivity index (χ1v) is 14.2.